The maximum atomic E-state index is 12.2. The lowest BCUT2D eigenvalue weighted by atomic mass is 10.2. The molecule has 0 bridgehead atoms. The van der Waals surface area contributed by atoms with Gasteiger partial charge in [-0.15, -0.1) is 0 Å². The Bertz CT molecular complexity index is 725. The first-order valence-electron chi connectivity index (χ1n) is 7.39. The number of carbonyl (C=O) groups excluding carboxylic acids is 3. The topological polar surface area (TPSA) is 91.7 Å². The maximum Gasteiger partial charge on any atom is 0.244 e. The third-order valence-corrected chi connectivity index (χ3v) is 3.17. The number of amides is 3. The third-order valence-electron chi connectivity index (χ3n) is 3.17. The molecule has 3 amide bonds. The Balaban J connectivity index is 1.98. The molecular weight excluding hydrogens is 310 g/mol. The van der Waals surface area contributed by atoms with Gasteiger partial charge in [-0.3, -0.25) is 14.4 Å². The summed E-state index contributed by atoms with van der Waals surface area (Å²) in [6, 6.07) is 10.2. The standard InChI is InChI=1S/C17H19N3O4/c1-12(21)18-14-5-3-6-15(9-14)19-17(23)11-20(13(2)22)10-16-7-4-8-24-16/h3-9H,10-11H2,1-2H3,(H,18,21)(H,19,23). The van der Waals surface area contributed by atoms with E-state index < -0.39 is 0 Å². The first kappa shape index (κ1) is 17.3. The van der Waals surface area contributed by atoms with Crippen LogP contribution in [0.15, 0.2) is 47.1 Å². The van der Waals surface area contributed by atoms with Crippen LogP contribution in [-0.4, -0.2) is 29.2 Å². The second-order valence-electron chi connectivity index (χ2n) is 5.26. The van der Waals surface area contributed by atoms with Gasteiger partial charge in [0.2, 0.25) is 17.7 Å². The molecule has 24 heavy (non-hydrogen) atoms. The molecule has 7 heteroatoms. The molecule has 0 fully saturated rings. The van der Waals surface area contributed by atoms with E-state index in [-0.39, 0.29) is 30.8 Å². The van der Waals surface area contributed by atoms with Crippen LogP contribution in [0.2, 0.25) is 0 Å². The fourth-order valence-electron chi connectivity index (χ4n) is 2.12. The van der Waals surface area contributed by atoms with Crippen LogP contribution >= 0.6 is 0 Å². The fraction of sp³-hybridized carbons (Fsp3) is 0.235. The summed E-state index contributed by atoms with van der Waals surface area (Å²) in [5.41, 5.74) is 1.12. The van der Waals surface area contributed by atoms with E-state index in [1.807, 2.05) is 0 Å². The number of nitrogens with one attached hydrogen (secondary N) is 2. The molecule has 0 atom stereocenters. The number of hydrogen-bond acceptors (Lipinski definition) is 4. The first-order valence-corrected chi connectivity index (χ1v) is 7.39. The van der Waals surface area contributed by atoms with Gasteiger partial charge in [-0.05, 0) is 30.3 Å². The molecular formula is C17H19N3O4. The van der Waals surface area contributed by atoms with Crippen molar-refractivity contribution in [2.45, 2.75) is 20.4 Å². The van der Waals surface area contributed by atoms with Gasteiger partial charge in [-0.2, -0.15) is 0 Å². The van der Waals surface area contributed by atoms with E-state index in [0.717, 1.165) is 0 Å². The zero-order valence-electron chi connectivity index (χ0n) is 13.5. The summed E-state index contributed by atoms with van der Waals surface area (Å²) in [6.45, 7) is 2.93. The van der Waals surface area contributed by atoms with Crippen molar-refractivity contribution in [2.75, 3.05) is 17.2 Å². The molecule has 0 saturated heterocycles. The lowest BCUT2D eigenvalue weighted by Crippen LogP contribution is -2.36. The average Bonchev–Trinajstić information content (AvgIpc) is 2.99. The predicted octanol–water partition coefficient (Wildman–Crippen LogP) is 2.23. The minimum atomic E-state index is -0.336. The Morgan fingerprint density at radius 2 is 1.75 bits per heavy atom. The highest BCUT2D eigenvalue weighted by atomic mass is 16.3. The normalized spacial score (nSPS) is 10.1. The lowest BCUT2D eigenvalue weighted by Gasteiger charge is -2.19. The molecule has 0 saturated carbocycles. The van der Waals surface area contributed by atoms with E-state index in [2.05, 4.69) is 10.6 Å². The van der Waals surface area contributed by atoms with Gasteiger partial charge in [0.25, 0.3) is 0 Å². The first-order chi connectivity index (χ1) is 11.4. The minimum Gasteiger partial charge on any atom is -0.467 e. The Kier molecular flexibility index (Phi) is 5.73. The summed E-state index contributed by atoms with van der Waals surface area (Å²) in [7, 11) is 0. The SMILES string of the molecule is CC(=O)Nc1cccc(NC(=O)CN(Cc2ccco2)C(C)=O)c1. The molecule has 2 N–H and O–H groups in total. The molecule has 1 heterocycles. The molecule has 1 aromatic heterocycles. The largest absolute Gasteiger partial charge is 0.467 e. The predicted molar refractivity (Wildman–Crippen MR) is 89.2 cm³/mol. The quantitative estimate of drug-likeness (QED) is 0.850. The van der Waals surface area contributed by atoms with Crippen LogP contribution < -0.4 is 10.6 Å². The van der Waals surface area contributed by atoms with Crippen molar-refractivity contribution >= 4 is 29.1 Å². The molecule has 0 spiro atoms. The molecule has 0 aliphatic rings. The summed E-state index contributed by atoms with van der Waals surface area (Å²) in [5, 5.41) is 5.35. The molecule has 7 nitrogen and oxygen atoms in total. The molecule has 0 aliphatic carbocycles. The van der Waals surface area contributed by atoms with Gasteiger partial charge in [0.05, 0.1) is 12.8 Å². The smallest absolute Gasteiger partial charge is 0.244 e. The molecule has 0 unspecified atom stereocenters. The molecule has 2 aromatic rings. The van der Waals surface area contributed by atoms with Gasteiger partial charge in [0, 0.05) is 25.2 Å². The van der Waals surface area contributed by atoms with Gasteiger partial charge in [-0.1, -0.05) is 6.07 Å². The molecule has 126 valence electrons. The number of hydrogen-bond donors (Lipinski definition) is 2. The van der Waals surface area contributed by atoms with Gasteiger partial charge in [-0.25, -0.2) is 0 Å². The van der Waals surface area contributed by atoms with Crippen molar-refractivity contribution in [3.8, 4) is 0 Å². The van der Waals surface area contributed by atoms with Gasteiger partial charge >= 0.3 is 0 Å². The van der Waals surface area contributed by atoms with Crippen molar-refractivity contribution in [3.05, 3.63) is 48.4 Å². The van der Waals surface area contributed by atoms with E-state index in [1.54, 1.807) is 36.4 Å². The molecule has 0 radical (unpaired) electrons. The number of rotatable bonds is 6. The zero-order chi connectivity index (χ0) is 17.5. The van der Waals surface area contributed by atoms with E-state index in [4.69, 9.17) is 4.42 Å². The van der Waals surface area contributed by atoms with E-state index >= 15 is 0 Å². The van der Waals surface area contributed by atoms with Crippen LogP contribution in [-0.2, 0) is 20.9 Å². The van der Waals surface area contributed by atoms with Gasteiger partial charge in [0.1, 0.15) is 12.3 Å². The second kappa shape index (κ2) is 7.96. The Labute approximate surface area is 139 Å². The van der Waals surface area contributed by atoms with Gasteiger partial charge < -0.3 is 20.0 Å². The van der Waals surface area contributed by atoms with E-state index in [1.165, 1.54) is 25.0 Å². The Morgan fingerprint density at radius 1 is 1.04 bits per heavy atom. The summed E-state index contributed by atoms with van der Waals surface area (Å²) in [6.07, 6.45) is 1.52. The summed E-state index contributed by atoms with van der Waals surface area (Å²) < 4.78 is 5.20. The zero-order valence-corrected chi connectivity index (χ0v) is 13.5. The van der Waals surface area contributed by atoms with Crippen LogP contribution in [0.3, 0.4) is 0 Å². The van der Waals surface area contributed by atoms with Crippen molar-refractivity contribution in [2.24, 2.45) is 0 Å². The maximum absolute atomic E-state index is 12.2. The van der Waals surface area contributed by atoms with Crippen LogP contribution in [0, 0.1) is 0 Å². The number of anilines is 2. The lowest BCUT2D eigenvalue weighted by molar-refractivity contribution is -0.133. The number of nitrogens with zero attached hydrogens (tertiary/aromatic N) is 1. The van der Waals surface area contributed by atoms with Crippen molar-refractivity contribution in [1.82, 2.24) is 4.90 Å². The van der Waals surface area contributed by atoms with Gasteiger partial charge in [0.15, 0.2) is 0 Å². The van der Waals surface area contributed by atoms with Crippen molar-refractivity contribution in [1.29, 1.82) is 0 Å². The van der Waals surface area contributed by atoms with Crippen molar-refractivity contribution < 1.29 is 18.8 Å². The summed E-state index contributed by atoms with van der Waals surface area (Å²) in [4.78, 5) is 36.3. The molecule has 1 aromatic carbocycles. The number of furan rings is 1. The summed E-state index contributed by atoms with van der Waals surface area (Å²) in [5.74, 6) is -0.157. The van der Waals surface area contributed by atoms with Crippen LogP contribution in [0.4, 0.5) is 11.4 Å². The highest BCUT2D eigenvalue weighted by molar-refractivity contribution is 5.95. The monoisotopic (exact) mass is 329 g/mol. The summed E-state index contributed by atoms with van der Waals surface area (Å²) >= 11 is 0. The van der Waals surface area contributed by atoms with Crippen LogP contribution in [0.25, 0.3) is 0 Å². The third kappa shape index (κ3) is 5.28. The molecule has 2 rings (SSSR count). The highest BCUT2D eigenvalue weighted by Gasteiger charge is 2.15. The van der Waals surface area contributed by atoms with Crippen molar-refractivity contribution in [3.63, 3.8) is 0 Å². The Morgan fingerprint density at radius 3 is 2.33 bits per heavy atom. The van der Waals surface area contributed by atoms with E-state index in [9.17, 15) is 14.4 Å². The van der Waals surface area contributed by atoms with Crippen LogP contribution in [0.5, 0.6) is 0 Å². The number of benzene rings is 1. The second-order valence-corrected chi connectivity index (χ2v) is 5.26. The fourth-order valence-corrected chi connectivity index (χ4v) is 2.12. The number of carbonyl (C=O) groups is 3. The minimum absolute atomic E-state index is 0.0968. The highest BCUT2D eigenvalue weighted by Crippen LogP contribution is 2.15. The van der Waals surface area contributed by atoms with E-state index in [0.29, 0.717) is 17.1 Å². The average molecular weight is 329 g/mol. The molecule has 0 aliphatic heterocycles. The Hall–Kier alpha value is -3.09. The van der Waals surface area contributed by atoms with Crippen LogP contribution in [0.1, 0.15) is 19.6 Å².